The smallest absolute Gasteiger partial charge is 0.251 e. The van der Waals surface area contributed by atoms with Crippen molar-refractivity contribution < 1.29 is 9.53 Å². The van der Waals surface area contributed by atoms with Crippen molar-refractivity contribution in [2.45, 2.75) is 32.2 Å². The number of rotatable bonds is 7. The molecule has 4 heteroatoms. The molecule has 144 valence electrons. The minimum atomic E-state index is -0.0849. The molecule has 0 bridgehead atoms. The summed E-state index contributed by atoms with van der Waals surface area (Å²) in [6, 6.07) is 18.3. The van der Waals surface area contributed by atoms with E-state index < -0.39 is 0 Å². The third-order valence-corrected chi connectivity index (χ3v) is 5.34. The zero-order valence-electron chi connectivity index (χ0n) is 16.4. The Morgan fingerprint density at radius 2 is 1.67 bits per heavy atom. The number of hydrogen-bond acceptors (Lipinski definition) is 3. The zero-order valence-corrected chi connectivity index (χ0v) is 16.4. The van der Waals surface area contributed by atoms with Crippen LogP contribution in [-0.2, 0) is 17.6 Å². The number of aryl methyl sites for hydroxylation is 2. The number of benzene rings is 2. The van der Waals surface area contributed by atoms with E-state index in [9.17, 15) is 4.79 Å². The Kier molecular flexibility index (Phi) is 6.64. The molecule has 0 atom stereocenters. The second-order valence-electron chi connectivity index (χ2n) is 7.74. The highest BCUT2D eigenvalue weighted by Gasteiger charge is 2.28. The van der Waals surface area contributed by atoms with Crippen LogP contribution in [0.2, 0.25) is 0 Å². The number of hydrogen-bond donors (Lipinski definition) is 1. The summed E-state index contributed by atoms with van der Waals surface area (Å²) in [5.41, 5.74) is 3.09. The molecule has 0 unspecified atom stereocenters. The van der Waals surface area contributed by atoms with E-state index in [-0.39, 0.29) is 11.4 Å². The molecule has 1 fully saturated rings. The molecule has 1 heterocycles. The second kappa shape index (κ2) is 9.16. The van der Waals surface area contributed by atoms with Crippen LogP contribution in [0.4, 0.5) is 0 Å². The maximum atomic E-state index is 12.9. The van der Waals surface area contributed by atoms with Gasteiger partial charge in [0.1, 0.15) is 0 Å². The van der Waals surface area contributed by atoms with Crippen molar-refractivity contribution in [2.75, 3.05) is 32.8 Å². The lowest BCUT2D eigenvalue weighted by molar-refractivity contribution is -0.00923. The molecule has 1 aliphatic rings. The van der Waals surface area contributed by atoms with Gasteiger partial charge >= 0.3 is 0 Å². The van der Waals surface area contributed by atoms with E-state index in [1.54, 1.807) is 0 Å². The number of amides is 1. The standard InChI is InChI=1S/C23H30N2O2/c1-23(2,25-14-16-27-17-15-25)18-24-22(26)21-11-7-6-10-20(21)13-12-19-8-4-3-5-9-19/h3-11H,12-18H2,1-2H3,(H,24,26). The zero-order chi connectivity index (χ0) is 19.1. The van der Waals surface area contributed by atoms with E-state index in [1.807, 2.05) is 24.3 Å². The molecule has 1 amide bonds. The average molecular weight is 367 g/mol. The summed E-state index contributed by atoms with van der Waals surface area (Å²) in [5.74, 6) is 0.0139. The molecular weight excluding hydrogens is 336 g/mol. The van der Waals surface area contributed by atoms with Crippen LogP contribution in [0.3, 0.4) is 0 Å². The SMILES string of the molecule is CC(C)(CNC(=O)c1ccccc1CCc1ccccc1)N1CCOCC1. The van der Waals surface area contributed by atoms with Crippen molar-refractivity contribution in [3.05, 3.63) is 71.3 Å². The van der Waals surface area contributed by atoms with E-state index in [1.165, 1.54) is 5.56 Å². The summed E-state index contributed by atoms with van der Waals surface area (Å²) in [7, 11) is 0. The lowest BCUT2D eigenvalue weighted by Gasteiger charge is -2.40. The molecule has 0 aliphatic carbocycles. The van der Waals surface area contributed by atoms with Gasteiger partial charge in [0.05, 0.1) is 13.2 Å². The van der Waals surface area contributed by atoms with Crippen LogP contribution < -0.4 is 5.32 Å². The van der Waals surface area contributed by atoms with Crippen LogP contribution in [-0.4, -0.2) is 49.2 Å². The summed E-state index contributed by atoms with van der Waals surface area (Å²) in [4.78, 5) is 15.2. The highest BCUT2D eigenvalue weighted by Crippen LogP contribution is 2.17. The molecular formula is C23H30N2O2. The van der Waals surface area contributed by atoms with Gasteiger partial charge in [-0.2, -0.15) is 0 Å². The quantitative estimate of drug-likeness (QED) is 0.817. The molecule has 0 aromatic heterocycles. The van der Waals surface area contributed by atoms with E-state index in [4.69, 9.17) is 4.74 Å². The van der Waals surface area contributed by atoms with Gasteiger partial charge in [0.2, 0.25) is 0 Å². The molecule has 2 aromatic rings. The first-order valence-electron chi connectivity index (χ1n) is 9.79. The minimum Gasteiger partial charge on any atom is -0.379 e. The summed E-state index contributed by atoms with van der Waals surface area (Å²) in [6.45, 7) is 8.34. The molecule has 1 saturated heterocycles. The Bertz CT molecular complexity index is 737. The highest BCUT2D eigenvalue weighted by atomic mass is 16.5. The van der Waals surface area contributed by atoms with Crippen LogP contribution >= 0.6 is 0 Å². The number of carbonyl (C=O) groups is 1. The first kappa shape index (κ1) is 19.6. The average Bonchev–Trinajstić information content (AvgIpc) is 2.72. The van der Waals surface area contributed by atoms with Crippen LogP contribution in [0.25, 0.3) is 0 Å². The van der Waals surface area contributed by atoms with Gasteiger partial charge in [0, 0.05) is 30.7 Å². The first-order valence-corrected chi connectivity index (χ1v) is 9.79. The Balaban J connectivity index is 1.61. The lowest BCUT2D eigenvalue weighted by atomic mass is 9.98. The van der Waals surface area contributed by atoms with Crippen molar-refractivity contribution in [3.8, 4) is 0 Å². The number of nitrogens with one attached hydrogen (secondary N) is 1. The largest absolute Gasteiger partial charge is 0.379 e. The topological polar surface area (TPSA) is 41.6 Å². The van der Waals surface area contributed by atoms with Crippen molar-refractivity contribution in [1.29, 1.82) is 0 Å². The molecule has 2 aromatic carbocycles. The summed E-state index contributed by atoms with van der Waals surface area (Å²) < 4.78 is 5.44. The maximum Gasteiger partial charge on any atom is 0.251 e. The molecule has 1 N–H and O–H groups in total. The lowest BCUT2D eigenvalue weighted by Crippen LogP contribution is -2.55. The maximum absolute atomic E-state index is 12.9. The molecule has 3 rings (SSSR count). The van der Waals surface area contributed by atoms with Crippen LogP contribution in [0, 0.1) is 0 Å². The van der Waals surface area contributed by atoms with Gasteiger partial charge in [0.25, 0.3) is 5.91 Å². The van der Waals surface area contributed by atoms with Gasteiger partial charge < -0.3 is 10.1 Å². The molecule has 27 heavy (non-hydrogen) atoms. The van der Waals surface area contributed by atoms with Crippen LogP contribution in [0.1, 0.15) is 35.3 Å². The Morgan fingerprint density at radius 3 is 2.41 bits per heavy atom. The Labute approximate surface area is 162 Å². The third kappa shape index (κ3) is 5.41. The van der Waals surface area contributed by atoms with Gasteiger partial charge in [-0.05, 0) is 43.9 Å². The van der Waals surface area contributed by atoms with Crippen molar-refractivity contribution in [2.24, 2.45) is 0 Å². The molecule has 0 spiro atoms. The number of ether oxygens (including phenoxy) is 1. The van der Waals surface area contributed by atoms with Gasteiger partial charge in [-0.25, -0.2) is 0 Å². The number of nitrogens with zero attached hydrogens (tertiary/aromatic N) is 1. The van der Waals surface area contributed by atoms with Crippen molar-refractivity contribution in [1.82, 2.24) is 10.2 Å². The van der Waals surface area contributed by atoms with E-state index >= 15 is 0 Å². The van der Waals surface area contributed by atoms with Gasteiger partial charge in [-0.3, -0.25) is 9.69 Å². The van der Waals surface area contributed by atoms with Crippen LogP contribution in [0.15, 0.2) is 54.6 Å². The minimum absolute atomic E-state index is 0.0139. The van der Waals surface area contributed by atoms with Gasteiger partial charge in [-0.15, -0.1) is 0 Å². The van der Waals surface area contributed by atoms with E-state index in [0.717, 1.165) is 50.3 Å². The summed E-state index contributed by atoms with van der Waals surface area (Å²) in [5, 5.41) is 3.15. The fourth-order valence-corrected chi connectivity index (χ4v) is 3.56. The highest BCUT2D eigenvalue weighted by molar-refractivity contribution is 5.95. The number of carbonyl (C=O) groups excluding carboxylic acids is 1. The van der Waals surface area contributed by atoms with E-state index in [0.29, 0.717) is 6.54 Å². The monoisotopic (exact) mass is 366 g/mol. The second-order valence-corrected chi connectivity index (χ2v) is 7.74. The Hall–Kier alpha value is -2.17. The molecule has 4 nitrogen and oxygen atoms in total. The Morgan fingerprint density at radius 1 is 1.00 bits per heavy atom. The van der Waals surface area contributed by atoms with Crippen molar-refractivity contribution in [3.63, 3.8) is 0 Å². The normalized spacial score (nSPS) is 15.5. The van der Waals surface area contributed by atoms with Crippen LogP contribution in [0.5, 0.6) is 0 Å². The number of morpholine rings is 1. The van der Waals surface area contributed by atoms with Gasteiger partial charge in [-0.1, -0.05) is 48.5 Å². The predicted molar refractivity (Wildman–Crippen MR) is 109 cm³/mol. The summed E-state index contributed by atoms with van der Waals surface area (Å²) >= 11 is 0. The predicted octanol–water partition coefficient (Wildman–Crippen LogP) is 3.31. The fraction of sp³-hybridized carbons (Fsp3) is 0.435. The van der Waals surface area contributed by atoms with Gasteiger partial charge in [0.15, 0.2) is 0 Å². The van der Waals surface area contributed by atoms with E-state index in [2.05, 4.69) is 54.4 Å². The summed E-state index contributed by atoms with van der Waals surface area (Å²) in [6.07, 6.45) is 1.80. The molecule has 0 radical (unpaired) electrons. The molecule has 1 aliphatic heterocycles. The molecule has 0 saturated carbocycles. The third-order valence-electron chi connectivity index (χ3n) is 5.34. The fourth-order valence-electron chi connectivity index (χ4n) is 3.56. The first-order chi connectivity index (χ1) is 13.1. The van der Waals surface area contributed by atoms with Crippen molar-refractivity contribution >= 4 is 5.91 Å².